The van der Waals surface area contributed by atoms with Crippen LogP contribution in [0, 0.1) is 0 Å². The molecule has 5 heteroatoms. The van der Waals surface area contributed by atoms with Crippen LogP contribution in [-0.4, -0.2) is 15.0 Å². The molecule has 4 nitrogen and oxygen atoms in total. The maximum absolute atomic E-state index is 6.51. The zero-order valence-electron chi connectivity index (χ0n) is 30.1. The molecule has 11 rings (SSSR count). The molecule has 3 aromatic heterocycles. The van der Waals surface area contributed by atoms with E-state index < -0.39 is 0 Å². The topological polar surface area (TPSA) is 51.8 Å². The van der Waals surface area contributed by atoms with E-state index in [1.165, 1.54) is 36.9 Å². The van der Waals surface area contributed by atoms with Crippen molar-refractivity contribution in [2.24, 2.45) is 0 Å². The van der Waals surface area contributed by atoms with Crippen LogP contribution < -0.4 is 0 Å². The molecule has 0 radical (unpaired) electrons. The number of rotatable bonds is 6. The molecule has 0 saturated heterocycles. The second-order valence-corrected chi connectivity index (χ2v) is 15.0. The average molecular weight is 734 g/mol. The lowest BCUT2D eigenvalue weighted by atomic mass is 9.96. The van der Waals surface area contributed by atoms with Gasteiger partial charge in [0.15, 0.2) is 17.5 Å². The van der Waals surface area contributed by atoms with E-state index in [0.29, 0.717) is 17.5 Å². The third kappa shape index (κ3) is 5.56. The summed E-state index contributed by atoms with van der Waals surface area (Å²) in [6.07, 6.45) is 0. The molecule has 0 fully saturated rings. The van der Waals surface area contributed by atoms with Crippen LogP contribution >= 0.6 is 11.3 Å². The van der Waals surface area contributed by atoms with Gasteiger partial charge in [0.25, 0.3) is 0 Å². The highest BCUT2D eigenvalue weighted by Gasteiger charge is 2.18. The summed E-state index contributed by atoms with van der Waals surface area (Å²) in [5.41, 5.74) is 11.5. The molecular formula is C51H31N3OS. The second-order valence-electron chi connectivity index (χ2n) is 14.0. The maximum atomic E-state index is 6.51. The number of thiophene rings is 1. The smallest absolute Gasteiger partial charge is 0.164 e. The minimum absolute atomic E-state index is 0.624. The zero-order valence-corrected chi connectivity index (χ0v) is 30.9. The van der Waals surface area contributed by atoms with Gasteiger partial charge in [-0.2, -0.15) is 0 Å². The van der Waals surface area contributed by atoms with E-state index in [-0.39, 0.29) is 0 Å². The molecule has 8 aromatic carbocycles. The summed E-state index contributed by atoms with van der Waals surface area (Å²) in [4.78, 5) is 14.9. The molecule has 0 aliphatic rings. The van der Waals surface area contributed by atoms with Gasteiger partial charge in [0, 0.05) is 47.6 Å². The Morgan fingerprint density at radius 2 is 0.893 bits per heavy atom. The number of hydrogen-bond acceptors (Lipinski definition) is 5. The first-order valence-electron chi connectivity index (χ1n) is 18.7. The number of aromatic nitrogens is 3. The summed E-state index contributed by atoms with van der Waals surface area (Å²) in [5, 5.41) is 4.73. The molecule has 0 amide bonds. The van der Waals surface area contributed by atoms with Gasteiger partial charge in [-0.05, 0) is 69.8 Å². The van der Waals surface area contributed by atoms with Crippen LogP contribution in [0.3, 0.4) is 0 Å². The van der Waals surface area contributed by atoms with E-state index in [4.69, 9.17) is 19.4 Å². The van der Waals surface area contributed by atoms with Crippen molar-refractivity contribution in [2.45, 2.75) is 0 Å². The van der Waals surface area contributed by atoms with Crippen LogP contribution in [0.15, 0.2) is 192 Å². The lowest BCUT2D eigenvalue weighted by Crippen LogP contribution is -2.00. The van der Waals surface area contributed by atoms with Crippen LogP contribution in [0.1, 0.15) is 0 Å². The molecule has 0 bridgehead atoms. The van der Waals surface area contributed by atoms with Crippen molar-refractivity contribution in [3.63, 3.8) is 0 Å². The number of nitrogens with zero attached hydrogens (tertiary/aromatic N) is 3. The number of hydrogen-bond donors (Lipinski definition) is 0. The highest BCUT2D eigenvalue weighted by molar-refractivity contribution is 7.26. The van der Waals surface area contributed by atoms with Gasteiger partial charge in [0.2, 0.25) is 0 Å². The summed E-state index contributed by atoms with van der Waals surface area (Å²) < 4.78 is 9.08. The third-order valence-corrected chi connectivity index (χ3v) is 11.8. The lowest BCUT2D eigenvalue weighted by Gasteiger charge is -2.10. The van der Waals surface area contributed by atoms with Crippen LogP contribution in [0.2, 0.25) is 0 Å². The van der Waals surface area contributed by atoms with Crippen LogP contribution in [0.5, 0.6) is 0 Å². The molecule has 262 valence electrons. The highest BCUT2D eigenvalue weighted by atomic mass is 32.1. The summed E-state index contributed by atoms with van der Waals surface area (Å²) in [7, 11) is 0. The standard InChI is InChI=1S/C51H31N3OS/c1-4-13-32(14-5-1)35-26-28-46-42(30-35)41-23-11-22-40(48(41)56-46)37-25-27-44-43(31-37)47-39(21-12-24-45(47)55-44)36-19-10-20-38(29-36)51-53-49(33-15-6-2-7-16-33)52-50(54-51)34-17-8-3-9-18-34/h1-31H. The van der Waals surface area contributed by atoms with Crippen molar-refractivity contribution in [2.75, 3.05) is 0 Å². The Labute approximate surface area is 327 Å². The molecule has 0 aliphatic heterocycles. The number of fused-ring (bicyclic) bond motifs is 6. The first-order chi connectivity index (χ1) is 27.7. The van der Waals surface area contributed by atoms with E-state index in [0.717, 1.165) is 55.3 Å². The Morgan fingerprint density at radius 3 is 1.62 bits per heavy atom. The van der Waals surface area contributed by atoms with E-state index >= 15 is 0 Å². The third-order valence-electron chi connectivity index (χ3n) is 10.5. The van der Waals surface area contributed by atoms with Gasteiger partial charge in [-0.1, -0.05) is 152 Å². The van der Waals surface area contributed by atoms with Crippen LogP contribution in [-0.2, 0) is 0 Å². The fourth-order valence-corrected chi connectivity index (χ4v) is 9.05. The molecule has 56 heavy (non-hydrogen) atoms. The predicted molar refractivity (Wildman–Crippen MR) is 233 cm³/mol. The zero-order chi connectivity index (χ0) is 37.0. The average Bonchev–Trinajstić information content (AvgIpc) is 3.85. The van der Waals surface area contributed by atoms with Crippen molar-refractivity contribution < 1.29 is 4.42 Å². The SMILES string of the molecule is c1ccc(-c2ccc3sc4c(-c5ccc6oc7cccc(-c8cccc(-c9nc(-c%10ccccc%10)nc(-c%10ccccc%10)n9)c8)c7c6c5)cccc4c3c2)cc1. The Balaban J connectivity index is 1.04. The lowest BCUT2D eigenvalue weighted by molar-refractivity contribution is 0.669. The molecule has 0 unspecified atom stereocenters. The summed E-state index contributed by atoms with van der Waals surface area (Å²) in [5.74, 6) is 1.90. The van der Waals surface area contributed by atoms with E-state index in [1.807, 2.05) is 72.0 Å². The molecule has 11 aromatic rings. The first kappa shape index (κ1) is 32.2. The Bertz CT molecular complexity index is 3180. The van der Waals surface area contributed by atoms with Gasteiger partial charge in [-0.3, -0.25) is 0 Å². The van der Waals surface area contributed by atoms with E-state index in [2.05, 4.69) is 127 Å². The molecular weight excluding hydrogens is 703 g/mol. The minimum Gasteiger partial charge on any atom is -0.456 e. The fourth-order valence-electron chi connectivity index (χ4n) is 7.83. The maximum Gasteiger partial charge on any atom is 0.164 e. The van der Waals surface area contributed by atoms with Crippen molar-refractivity contribution >= 4 is 53.4 Å². The van der Waals surface area contributed by atoms with Crippen molar-refractivity contribution in [3.8, 4) is 67.5 Å². The first-order valence-corrected chi connectivity index (χ1v) is 19.5. The highest BCUT2D eigenvalue weighted by Crippen LogP contribution is 2.44. The van der Waals surface area contributed by atoms with E-state index in [9.17, 15) is 0 Å². The quantitative estimate of drug-likeness (QED) is 0.171. The molecule has 0 spiro atoms. The molecule has 0 aliphatic carbocycles. The van der Waals surface area contributed by atoms with Crippen LogP contribution in [0.4, 0.5) is 0 Å². The van der Waals surface area contributed by atoms with Crippen molar-refractivity contribution in [3.05, 3.63) is 188 Å². The van der Waals surface area contributed by atoms with Gasteiger partial charge in [-0.15, -0.1) is 11.3 Å². The van der Waals surface area contributed by atoms with Gasteiger partial charge in [-0.25, -0.2) is 15.0 Å². The summed E-state index contributed by atoms with van der Waals surface area (Å²) in [6, 6.07) is 65.7. The largest absolute Gasteiger partial charge is 0.456 e. The van der Waals surface area contributed by atoms with Gasteiger partial charge >= 0.3 is 0 Å². The molecule has 0 atom stereocenters. The Kier molecular flexibility index (Phi) is 7.64. The summed E-state index contributed by atoms with van der Waals surface area (Å²) in [6.45, 7) is 0. The van der Waals surface area contributed by atoms with Crippen LogP contribution in [0.25, 0.3) is 110 Å². The Morgan fingerprint density at radius 1 is 0.339 bits per heavy atom. The van der Waals surface area contributed by atoms with Gasteiger partial charge in [0.1, 0.15) is 11.2 Å². The molecule has 3 heterocycles. The predicted octanol–water partition coefficient (Wildman–Crippen LogP) is 14.1. The normalized spacial score (nSPS) is 11.6. The fraction of sp³-hybridized carbons (Fsp3) is 0. The Hall–Kier alpha value is -7.21. The van der Waals surface area contributed by atoms with Crippen molar-refractivity contribution in [1.29, 1.82) is 0 Å². The second kappa shape index (κ2) is 13.3. The van der Waals surface area contributed by atoms with Gasteiger partial charge < -0.3 is 4.42 Å². The number of furan rings is 1. The number of benzene rings is 8. The minimum atomic E-state index is 0.624. The summed E-state index contributed by atoms with van der Waals surface area (Å²) >= 11 is 1.86. The van der Waals surface area contributed by atoms with E-state index in [1.54, 1.807) is 0 Å². The molecule has 0 N–H and O–H groups in total. The molecule has 0 saturated carbocycles. The van der Waals surface area contributed by atoms with Crippen molar-refractivity contribution in [1.82, 2.24) is 15.0 Å². The monoisotopic (exact) mass is 733 g/mol. The van der Waals surface area contributed by atoms with Gasteiger partial charge in [0.05, 0.1) is 0 Å².